The smallest absolute Gasteiger partial charge is 0.130 e. The summed E-state index contributed by atoms with van der Waals surface area (Å²) in [5.74, 6) is 0. The summed E-state index contributed by atoms with van der Waals surface area (Å²) in [6, 6.07) is 0. The van der Waals surface area contributed by atoms with Crippen LogP contribution < -0.4 is 4.72 Å². The summed E-state index contributed by atoms with van der Waals surface area (Å²) in [7, 11) is 0. The SMILES string of the molecule is CCCCCCCC/C=C\CCCCCC(CC)SNC(=S)C(O)C(C)O. The Bertz CT molecular complexity index is 375. The van der Waals surface area contributed by atoms with Crippen molar-refractivity contribution in [1.82, 2.24) is 4.72 Å². The molecule has 0 aliphatic heterocycles. The largest absolute Gasteiger partial charge is 0.390 e. The maximum absolute atomic E-state index is 9.71. The van der Waals surface area contributed by atoms with Gasteiger partial charge in [-0.05, 0) is 57.4 Å². The van der Waals surface area contributed by atoms with Gasteiger partial charge in [-0.25, -0.2) is 0 Å². The number of aliphatic hydroxyl groups is 2. The van der Waals surface area contributed by atoms with Crippen molar-refractivity contribution in [2.45, 2.75) is 122 Å². The van der Waals surface area contributed by atoms with Gasteiger partial charge in [0.25, 0.3) is 0 Å². The molecule has 0 aliphatic carbocycles. The molecule has 3 N–H and O–H groups in total. The number of nitrogens with one attached hydrogen (secondary N) is 1. The molecule has 0 bridgehead atoms. The molecule has 0 amide bonds. The number of hydrogen-bond donors (Lipinski definition) is 3. The fourth-order valence-corrected chi connectivity index (χ4v) is 4.05. The summed E-state index contributed by atoms with van der Waals surface area (Å²) in [5.41, 5.74) is 0. The van der Waals surface area contributed by atoms with Gasteiger partial charge >= 0.3 is 0 Å². The quantitative estimate of drug-likeness (QED) is 0.105. The minimum Gasteiger partial charge on any atom is -0.390 e. The molecule has 3 unspecified atom stereocenters. The Labute approximate surface area is 177 Å². The van der Waals surface area contributed by atoms with Crippen LogP contribution in [0.5, 0.6) is 0 Å². The highest BCUT2D eigenvalue weighted by atomic mass is 32.2. The van der Waals surface area contributed by atoms with Crippen molar-refractivity contribution in [3.05, 3.63) is 12.2 Å². The number of aliphatic hydroxyl groups excluding tert-OH is 2. The molecule has 0 aromatic carbocycles. The molecule has 0 fully saturated rings. The molecule has 0 heterocycles. The average Bonchev–Trinajstić information content (AvgIpc) is 2.66. The van der Waals surface area contributed by atoms with E-state index in [1.165, 1.54) is 70.6 Å². The fourth-order valence-electron chi connectivity index (χ4n) is 2.86. The monoisotopic (exact) mass is 417 g/mol. The molecule has 0 radical (unpaired) electrons. The van der Waals surface area contributed by atoms with Crippen LogP contribution in [-0.4, -0.2) is 32.7 Å². The number of allylic oxidation sites excluding steroid dienone is 2. The second kappa shape index (κ2) is 19.2. The molecule has 0 saturated carbocycles. The van der Waals surface area contributed by atoms with Gasteiger partial charge in [0.2, 0.25) is 0 Å². The van der Waals surface area contributed by atoms with E-state index in [9.17, 15) is 10.2 Å². The Morgan fingerprint density at radius 1 is 0.926 bits per heavy atom. The molecule has 0 aromatic heterocycles. The van der Waals surface area contributed by atoms with Gasteiger partial charge in [-0.3, -0.25) is 0 Å². The van der Waals surface area contributed by atoms with Crippen LogP contribution in [0, 0.1) is 0 Å². The molecule has 3 nitrogen and oxygen atoms in total. The summed E-state index contributed by atoms with van der Waals surface area (Å²) < 4.78 is 3.04. The minimum atomic E-state index is -0.979. The van der Waals surface area contributed by atoms with Crippen molar-refractivity contribution < 1.29 is 10.2 Å². The van der Waals surface area contributed by atoms with Gasteiger partial charge in [-0.2, -0.15) is 0 Å². The third kappa shape index (κ3) is 16.5. The fraction of sp³-hybridized carbons (Fsp3) is 0.864. The van der Waals surface area contributed by atoms with E-state index >= 15 is 0 Å². The van der Waals surface area contributed by atoms with Crippen LogP contribution in [0.25, 0.3) is 0 Å². The molecule has 160 valence electrons. The van der Waals surface area contributed by atoms with E-state index in [2.05, 4.69) is 30.7 Å². The zero-order chi connectivity index (χ0) is 20.3. The molecule has 0 rings (SSSR count). The molecule has 0 saturated heterocycles. The Balaban J connectivity index is 3.58. The lowest BCUT2D eigenvalue weighted by Crippen LogP contribution is -2.37. The van der Waals surface area contributed by atoms with E-state index in [-0.39, 0.29) is 0 Å². The van der Waals surface area contributed by atoms with E-state index in [1.54, 1.807) is 18.9 Å². The number of rotatable bonds is 18. The molecule has 5 heteroatoms. The highest BCUT2D eigenvalue weighted by Crippen LogP contribution is 2.19. The summed E-state index contributed by atoms with van der Waals surface area (Å²) in [6.07, 6.45) is 19.6. The normalized spacial score (nSPS) is 15.0. The number of hydrogen-bond acceptors (Lipinski definition) is 4. The summed E-state index contributed by atoms with van der Waals surface area (Å²) in [5, 5.41) is 19.6. The average molecular weight is 418 g/mol. The predicted octanol–water partition coefficient (Wildman–Crippen LogP) is 6.33. The van der Waals surface area contributed by atoms with Gasteiger partial charge in [0.05, 0.1) is 6.10 Å². The standard InChI is InChI=1S/C22H43NO2S2/c1-4-6-7-8-9-10-11-12-13-14-15-16-17-18-20(5-2)27-23-22(26)21(25)19(3)24/h12-13,19-21,24-25H,4-11,14-18H2,1-3H3,(H,23,26)/b13-12-. The third-order valence-corrected chi connectivity index (χ3v) is 6.51. The Morgan fingerprint density at radius 2 is 1.48 bits per heavy atom. The lowest BCUT2D eigenvalue weighted by atomic mass is 10.1. The lowest BCUT2D eigenvalue weighted by Gasteiger charge is -2.19. The zero-order valence-electron chi connectivity index (χ0n) is 17.8. The Morgan fingerprint density at radius 3 is 2.04 bits per heavy atom. The lowest BCUT2D eigenvalue weighted by molar-refractivity contribution is 0.0740. The van der Waals surface area contributed by atoms with Crippen LogP contribution in [0.3, 0.4) is 0 Å². The molecule has 27 heavy (non-hydrogen) atoms. The zero-order valence-corrected chi connectivity index (χ0v) is 19.4. The first-order valence-electron chi connectivity index (χ1n) is 11.0. The molecular weight excluding hydrogens is 374 g/mol. The first-order valence-corrected chi connectivity index (χ1v) is 12.3. The molecule has 0 aliphatic rings. The second-order valence-corrected chi connectivity index (χ2v) is 9.01. The van der Waals surface area contributed by atoms with Crippen LogP contribution in [0.15, 0.2) is 12.2 Å². The molecule has 0 spiro atoms. The molecule has 3 atom stereocenters. The van der Waals surface area contributed by atoms with E-state index in [0.29, 0.717) is 10.2 Å². The van der Waals surface area contributed by atoms with E-state index in [1.807, 2.05) is 0 Å². The summed E-state index contributed by atoms with van der Waals surface area (Å²) in [4.78, 5) is 0.323. The van der Waals surface area contributed by atoms with Crippen LogP contribution in [0.1, 0.15) is 104 Å². The van der Waals surface area contributed by atoms with E-state index in [4.69, 9.17) is 12.2 Å². The van der Waals surface area contributed by atoms with Gasteiger partial charge in [-0.15, -0.1) is 0 Å². The predicted molar refractivity (Wildman–Crippen MR) is 125 cm³/mol. The van der Waals surface area contributed by atoms with Gasteiger partial charge in [-0.1, -0.05) is 83.2 Å². The van der Waals surface area contributed by atoms with Crippen molar-refractivity contribution in [1.29, 1.82) is 0 Å². The number of thiocarbonyl (C=S) groups is 1. The topological polar surface area (TPSA) is 52.5 Å². The first kappa shape index (κ1) is 26.9. The highest BCUT2D eigenvalue weighted by molar-refractivity contribution is 7.99. The van der Waals surface area contributed by atoms with Crippen molar-refractivity contribution >= 4 is 29.2 Å². The van der Waals surface area contributed by atoms with Gasteiger partial charge < -0.3 is 14.9 Å². The van der Waals surface area contributed by atoms with Crippen molar-refractivity contribution in [2.24, 2.45) is 0 Å². The second-order valence-electron chi connectivity index (χ2n) is 7.47. The number of unbranched alkanes of at least 4 members (excludes halogenated alkanes) is 9. The van der Waals surface area contributed by atoms with Crippen molar-refractivity contribution in [3.63, 3.8) is 0 Å². The highest BCUT2D eigenvalue weighted by Gasteiger charge is 2.17. The van der Waals surface area contributed by atoms with Crippen LogP contribution in [-0.2, 0) is 0 Å². The van der Waals surface area contributed by atoms with E-state index < -0.39 is 12.2 Å². The van der Waals surface area contributed by atoms with Gasteiger partial charge in [0.15, 0.2) is 0 Å². The summed E-state index contributed by atoms with van der Waals surface area (Å²) >= 11 is 6.69. The van der Waals surface area contributed by atoms with Crippen molar-refractivity contribution in [2.75, 3.05) is 0 Å². The summed E-state index contributed by atoms with van der Waals surface area (Å²) in [6.45, 7) is 5.99. The van der Waals surface area contributed by atoms with Gasteiger partial charge in [0, 0.05) is 5.25 Å². The van der Waals surface area contributed by atoms with E-state index in [0.717, 1.165) is 12.8 Å². The van der Waals surface area contributed by atoms with Crippen LogP contribution in [0.4, 0.5) is 0 Å². The molecule has 0 aromatic rings. The van der Waals surface area contributed by atoms with Crippen LogP contribution >= 0.6 is 24.2 Å². The molecular formula is C22H43NO2S2. The maximum Gasteiger partial charge on any atom is 0.130 e. The minimum absolute atomic E-state index is 0.323. The van der Waals surface area contributed by atoms with Gasteiger partial charge in [0.1, 0.15) is 11.1 Å². The third-order valence-electron chi connectivity index (χ3n) is 4.79. The van der Waals surface area contributed by atoms with Crippen molar-refractivity contribution in [3.8, 4) is 0 Å². The Hall–Kier alpha value is -0.100. The Kier molecular flexibility index (Phi) is 19.2. The van der Waals surface area contributed by atoms with Crippen LogP contribution in [0.2, 0.25) is 0 Å². The maximum atomic E-state index is 9.71. The first-order chi connectivity index (χ1) is 13.0.